The number of halogens is 1. The summed E-state index contributed by atoms with van der Waals surface area (Å²) in [5.74, 6) is 3.17. The third-order valence-electron chi connectivity index (χ3n) is 4.73. The van der Waals surface area contributed by atoms with Crippen molar-refractivity contribution >= 4 is 34.7 Å². The molecule has 0 saturated carbocycles. The fourth-order valence-electron chi connectivity index (χ4n) is 3.66. The molecule has 2 saturated heterocycles. The van der Waals surface area contributed by atoms with Gasteiger partial charge in [0.1, 0.15) is 0 Å². The van der Waals surface area contributed by atoms with E-state index < -0.39 is 0 Å². The normalized spacial score (nSPS) is 26.9. The van der Waals surface area contributed by atoms with Crippen LogP contribution in [0.25, 0.3) is 0 Å². The Balaban J connectivity index is 1.75. The third kappa shape index (κ3) is 3.78. The van der Waals surface area contributed by atoms with Gasteiger partial charge in [0, 0.05) is 17.5 Å². The van der Waals surface area contributed by atoms with Crippen molar-refractivity contribution in [2.24, 2.45) is 5.92 Å². The first-order chi connectivity index (χ1) is 10.2. The second-order valence-corrected chi connectivity index (χ2v) is 9.05. The quantitative estimate of drug-likeness (QED) is 0.851. The van der Waals surface area contributed by atoms with Gasteiger partial charge < -0.3 is 10.1 Å². The molecule has 0 radical (unpaired) electrons. The molecule has 2 aliphatic rings. The van der Waals surface area contributed by atoms with E-state index in [1.807, 2.05) is 6.07 Å². The molecule has 1 aromatic rings. The molecule has 3 rings (SSSR count). The molecule has 1 N–H and O–H groups in total. The van der Waals surface area contributed by atoms with E-state index in [9.17, 15) is 0 Å². The number of ether oxygens (including phenoxy) is 1. The van der Waals surface area contributed by atoms with Crippen LogP contribution in [-0.2, 0) is 4.74 Å². The second kappa shape index (κ2) is 7.22. The third-order valence-corrected chi connectivity index (χ3v) is 7.03. The molecule has 118 valence electrons. The molecular formula is C16H24ClNOS2. The Morgan fingerprint density at radius 2 is 2.24 bits per heavy atom. The van der Waals surface area contributed by atoms with Gasteiger partial charge in [-0.15, -0.1) is 11.3 Å². The van der Waals surface area contributed by atoms with Gasteiger partial charge in [-0.25, -0.2) is 0 Å². The average Bonchev–Trinajstić information content (AvgIpc) is 2.92. The average molecular weight is 346 g/mol. The van der Waals surface area contributed by atoms with Gasteiger partial charge in [0.15, 0.2) is 0 Å². The van der Waals surface area contributed by atoms with Crippen LogP contribution in [0, 0.1) is 5.92 Å². The maximum absolute atomic E-state index is 6.24. The predicted octanol–water partition coefficient (Wildman–Crippen LogP) is 4.74. The maximum atomic E-state index is 6.24. The molecule has 0 aromatic carbocycles. The monoisotopic (exact) mass is 345 g/mol. The predicted molar refractivity (Wildman–Crippen MR) is 93.7 cm³/mol. The number of hydrogen-bond donors (Lipinski definition) is 1. The smallest absolute Gasteiger partial charge is 0.0931 e. The highest BCUT2D eigenvalue weighted by molar-refractivity contribution is 7.99. The first kappa shape index (κ1) is 16.1. The number of nitrogens with one attached hydrogen (secondary N) is 1. The molecule has 1 spiro atoms. The van der Waals surface area contributed by atoms with E-state index in [-0.39, 0.29) is 5.60 Å². The summed E-state index contributed by atoms with van der Waals surface area (Å²) in [7, 11) is 0. The first-order valence-electron chi connectivity index (χ1n) is 7.93. The number of thioether (sulfide) groups is 1. The zero-order chi connectivity index (χ0) is 14.7. The van der Waals surface area contributed by atoms with Gasteiger partial charge in [-0.2, -0.15) is 11.8 Å². The minimum absolute atomic E-state index is 0.156. The van der Waals surface area contributed by atoms with Crippen LogP contribution in [0.15, 0.2) is 12.1 Å². The zero-order valence-corrected chi connectivity index (χ0v) is 15.0. The zero-order valence-electron chi connectivity index (χ0n) is 12.6. The summed E-state index contributed by atoms with van der Waals surface area (Å²) in [6.45, 7) is 4.10. The van der Waals surface area contributed by atoms with E-state index in [4.69, 9.17) is 16.3 Å². The first-order valence-corrected chi connectivity index (χ1v) is 10.3. The van der Waals surface area contributed by atoms with Gasteiger partial charge in [-0.3, -0.25) is 0 Å². The largest absolute Gasteiger partial charge is 0.375 e. The topological polar surface area (TPSA) is 21.3 Å². The summed E-state index contributed by atoms with van der Waals surface area (Å²) < 4.78 is 7.13. The fourth-order valence-corrected chi connectivity index (χ4v) is 6.12. The van der Waals surface area contributed by atoms with E-state index in [0.717, 1.165) is 23.9 Å². The lowest BCUT2D eigenvalue weighted by molar-refractivity contribution is -0.107. The van der Waals surface area contributed by atoms with Gasteiger partial charge >= 0.3 is 0 Å². The highest BCUT2D eigenvalue weighted by Crippen LogP contribution is 2.44. The van der Waals surface area contributed by atoms with Crippen LogP contribution in [0.2, 0.25) is 4.34 Å². The van der Waals surface area contributed by atoms with Gasteiger partial charge in [-0.1, -0.05) is 18.5 Å². The summed E-state index contributed by atoms with van der Waals surface area (Å²) in [6, 6.07) is 4.65. The summed E-state index contributed by atoms with van der Waals surface area (Å²) in [5.41, 5.74) is 0.156. The highest BCUT2D eigenvalue weighted by Gasteiger charge is 2.41. The van der Waals surface area contributed by atoms with Crippen LogP contribution in [-0.4, -0.2) is 30.3 Å². The van der Waals surface area contributed by atoms with Crippen molar-refractivity contribution in [1.29, 1.82) is 0 Å². The Hall–Kier alpha value is 0.260. The Labute approximate surface area is 141 Å². The standard InChI is InChI=1S/C16H24ClNOS2/c1-2-18-15(13-3-4-14(17)21-13)12-5-8-19-16(11-12)6-9-20-10-7-16/h3-4,12,15,18H,2,5-11H2,1H3. The van der Waals surface area contributed by atoms with Crippen LogP contribution in [0.5, 0.6) is 0 Å². The lowest BCUT2D eigenvalue weighted by Crippen LogP contribution is -2.45. The fraction of sp³-hybridized carbons (Fsp3) is 0.750. The summed E-state index contributed by atoms with van der Waals surface area (Å²) >= 11 is 9.94. The van der Waals surface area contributed by atoms with Crippen molar-refractivity contribution in [3.05, 3.63) is 21.3 Å². The lowest BCUT2D eigenvalue weighted by Gasteiger charge is -2.45. The molecule has 2 nitrogen and oxygen atoms in total. The number of thiophene rings is 1. The number of hydrogen-bond acceptors (Lipinski definition) is 4. The van der Waals surface area contributed by atoms with E-state index in [0.29, 0.717) is 12.0 Å². The van der Waals surface area contributed by atoms with E-state index >= 15 is 0 Å². The Kier molecular flexibility index (Phi) is 5.55. The summed E-state index contributed by atoms with van der Waals surface area (Å²) in [6.07, 6.45) is 4.79. The SMILES string of the molecule is CCNC(c1ccc(Cl)s1)C1CCOC2(CCSCC2)C1. The van der Waals surface area contributed by atoms with Gasteiger partial charge in [0.2, 0.25) is 0 Å². The Morgan fingerprint density at radius 1 is 1.43 bits per heavy atom. The maximum Gasteiger partial charge on any atom is 0.0931 e. The number of rotatable bonds is 4. The Bertz CT molecular complexity index is 453. The molecule has 21 heavy (non-hydrogen) atoms. The summed E-state index contributed by atoms with van der Waals surface area (Å²) in [5, 5.41) is 3.69. The van der Waals surface area contributed by atoms with Gasteiger partial charge in [-0.05, 0) is 61.8 Å². The van der Waals surface area contributed by atoms with Crippen molar-refractivity contribution in [2.75, 3.05) is 24.7 Å². The highest BCUT2D eigenvalue weighted by atomic mass is 35.5. The molecule has 0 aliphatic carbocycles. The summed E-state index contributed by atoms with van der Waals surface area (Å²) in [4.78, 5) is 1.38. The second-order valence-electron chi connectivity index (χ2n) is 6.07. The lowest BCUT2D eigenvalue weighted by atomic mass is 9.78. The molecule has 2 aliphatic heterocycles. The van der Waals surface area contributed by atoms with Crippen LogP contribution < -0.4 is 5.32 Å². The van der Waals surface area contributed by atoms with E-state index in [1.165, 1.54) is 35.6 Å². The van der Waals surface area contributed by atoms with Crippen LogP contribution in [0.3, 0.4) is 0 Å². The van der Waals surface area contributed by atoms with Crippen LogP contribution in [0.4, 0.5) is 0 Å². The van der Waals surface area contributed by atoms with Crippen LogP contribution >= 0.6 is 34.7 Å². The van der Waals surface area contributed by atoms with Crippen molar-refractivity contribution in [3.63, 3.8) is 0 Å². The molecule has 3 heterocycles. The van der Waals surface area contributed by atoms with Crippen molar-refractivity contribution in [2.45, 2.75) is 44.2 Å². The van der Waals surface area contributed by atoms with E-state index in [2.05, 4.69) is 30.1 Å². The molecule has 2 unspecified atom stereocenters. The molecule has 2 atom stereocenters. The molecule has 2 fully saturated rings. The van der Waals surface area contributed by atoms with Gasteiger partial charge in [0.25, 0.3) is 0 Å². The Morgan fingerprint density at radius 3 is 2.90 bits per heavy atom. The van der Waals surface area contributed by atoms with Crippen LogP contribution in [0.1, 0.15) is 43.5 Å². The van der Waals surface area contributed by atoms with Gasteiger partial charge in [0.05, 0.1) is 9.94 Å². The molecule has 1 aromatic heterocycles. The van der Waals surface area contributed by atoms with Crippen molar-refractivity contribution in [3.8, 4) is 0 Å². The van der Waals surface area contributed by atoms with Crippen molar-refractivity contribution in [1.82, 2.24) is 5.32 Å². The molecule has 0 bridgehead atoms. The van der Waals surface area contributed by atoms with Crippen molar-refractivity contribution < 1.29 is 4.74 Å². The minimum atomic E-state index is 0.156. The molecular weight excluding hydrogens is 322 g/mol. The minimum Gasteiger partial charge on any atom is -0.375 e. The molecule has 5 heteroatoms. The van der Waals surface area contributed by atoms with E-state index in [1.54, 1.807) is 11.3 Å². The molecule has 0 amide bonds.